The molecule has 1 aliphatic heterocycles. The highest BCUT2D eigenvalue weighted by molar-refractivity contribution is 5.93. The molecule has 2 aromatic heterocycles. The molecule has 0 saturated heterocycles. The number of amides is 1. The van der Waals surface area contributed by atoms with Crippen molar-refractivity contribution in [2.24, 2.45) is 0 Å². The van der Waals surface area contributed by atoms with E-state index >= 15 is 0 Å². The summed E-state index contributed by atoms with van der Waals surface area (Å²) in [4.78, 5) is 15.8. The minimum Gasteiger partial charge on any atom is -0.461 e. The zero-order valence-corrected chi connectivity index (χ0v) is 13.8. The lowest BCUT2D eigenvalue weighted by atomic mass is 9.98. The van der Waals surface area contributed by atoms with Gasteiger partial charge in [-0.3, -0.25) is 4.79 Å². The van der Waals surface area contributed by atoms with E-state index in [1.54, 1.807) is 18.4 Å². The lowest BCUT2D eigenvalue weighted by Crippen LogP contribution is -2.21. The van der Waals surface area contributed by atoms with Gasteiger partial charge in [-0.05, 0) is 42.7 Å². The third-order valence-corrected chi connectivity index (χ3v) is 4.29. The molecule has 1 aromatic carbocycles. The van der Waals surface area contributed by atoms with Gasteiger partial charge in [0.2, 0.25) is 17.6 Å². The third-order valence-electron chi connectivity index (χ3n) is 4.29. The topological polar surface area (TPSA) is 93.2 Å². The van der Waals surface area contributed by atoms with Crippen LogP contribution in [0.1, 0.15) is 36.4 Å². The number of hydrogen-bond donors (Lipinski definition) is 2. The lowest BCUT2D eigenvalue weighted by molar-refractivity contribution is -0.116. The summed E-state index contributed by atoms with van der Waals surface area (Å²) < 4.78 is 10.5. The number of furan rings is 1. The largest absolute Gasteiger partial charge is 0.461 e. The number of hydrogen-bond acceptors (Lipinski definition) is 6. The number of aryl methyl sites for hydroxylation is 1. The molecule has 0 aliphatic carbocycles. The van der Waals surface area contributed by atoms with E-state index in [0.717, 1.165) is 17.7 Å². The molecule has 3 heterocycles. The molecule has 1 unspecified atom stereocenters. The average Bonchev–Trinajstić information content (AvgIpc) is 3.30. The normalized spacial score (nSPS) is 14.8. The van der Waals surface area contributed by atoms with Crippen molar-refractivity contribution >= 4 is 11.6 Å². The first-order valence-corrected chi connectivity index (χ1v) is 8.21. The maximum atomic E-state index is 11.4. The molecule has 7 heteroatoms. The SMILES string of the molecule is CC(NCc1nc(-c2ccco2)no1)c1ccc2c(c1)CCC(=O)N2. The Labute approximate surface area is 144 Å². The number of aromatic nitrogens is 2. The number of anilines is 1. The first-order chi connectivity index (χ1) is 12.2. The second-order valence-corrected chi connectivity index (χ2v) is 6.06. The third kappa shape index (κ3) is 3.32. The fourth-order valence-electron chi connectivity index (χ4n) is 2.86. The van der Waals surface area contributed by atoms with Gasteiger partial charge in [-0.2, -0.15) is 4.98 Å². The Hall–Kier alpha value is -2.93. The number of rotatable bonds is 5. The quantitative estimate of drug-likeness (QED) is 0.742. The number of carbonyl (C=O) groups excluding carboxylic acids is 1. The summed E-state index contributed by atoms with van der Waals surface area (Å²) in [6.45, 7) is 2.54. The molecule has 0 radical (unpaired) electrons. The fourth-order valence-corrected chi connectivity index (χ4v) is 2.86. The number of nitrogens with one attached hydrogen (secondary N) is 2. The van der Waals surface area contributed by atoms with Crippen LogP contribution in [-0.2, 0) is 17.8 Å². The van der Waals surface area contributed by atoms with E-state index in [4.69, 9.17) is 8.94 Å². The molecule has 1 atom stereocenters. The smallest absolute Gasteiger partial charge is 0.241 e. The molecule has 128 valence electrons. The van der Waals surface area contributed by atoms with Crippen LogP contribution in [0.3, 0.4) is 0 Å². The Bertz CT molecular complexity index is 886. The first-order valence-electron chi connectivity index (χ1n) is 8.21. The van der Waals surface area contributed by atoms with Gasteiger partial charge in [0.15, 0.2) is 5.76 Å². The van der Waals surface area contributed by atoms with Crippen LogP contribution in [0.4, 0.5) is 5.69 Å². The van der Waals surface area contributed by atoms with Crippen molar-refractivity contribution in [3.63, 3.8) is 0 Å². The molecule has 0 spiro atoms. The summed E-state index contributed by atoms with van der Waals surface area (Å²) in [6.07, 6.45) is 2.89. The van der Waals surface area contributed by atoms with Crippen LogP contribution in [0.2, 0.25) is 0 Å². The van der Waals surface area contributed by atoms with Gasteiger partial charge in [-0.25, -0.2) is 0 Å². The standard InChI is InChI=1S/C18H18N4O3/c1-11(12-4-6-14-13(9-12)5-7-16(23)20-14)19-10-17-21-18(22-25-17)15-3-2-8-24-15/h2-4,6,8-9,11,19H,5,7,10H2,1H3,(H,20,23). The van der Waals surface area contributed by atoms with E-state index in [0.29, 0.717) is 30.4 Å². The predicted molar refractivity (Wildman–Crippen MR) is 90.6 cm³/mol. The molecular weight excluding hydrogens is 320 g/mol. The Morgan fingerprint density at radius 1 is 1.32 bits per heavy atom. The van der Waals surface area contributed by atoms with E-state index in [1.807, 2.05) is 12.1 Å². The molecule has 2 N–H and O–H groups in total. The predicted octanol–water partition coefficient (Wildman–Crippen LogP) is 3.07. The number of fused-ring (bicyclic) bond motifs is 1. The highest BCUT2D eigenvalue weighted by Gasteiger charge is 2.17. The highest BCUT2D eigenvalue weighted by atomic mass is 16.5. The van der Waals surface area contributed by atoms with Gasteiger partial charge in [-0.15, -0.1) is 0 Å². The van der Waals surface area contributed by atoms with E-state index in [9.17, 15) is 4.79 Å². The number of carbonyl (C=O) groups is 1. The van der Waals surface area contributed by atoms with Crippen molar-refractivity contribution in [2.45, 2.75) is 32.4 Å². The van der Waals surface area contributed by atoms with Crippen molar-refractivity contribution in [3.05, 3.63) is 53.6 Å². The van der Waals surface area contributed by atoms with E-state index in [1.165, 1.54) is 5.56 Å². The van der Waals surface area contributed by atoms with Gasteiger partial charge in [0.05, 0.1) is 12.8 Å². The first kappa shape index (κ1) is 15.6. The van der Waals surface area contributed by atoms with E-state index in [-0.39, 0.29) is 11.9 Å². The molecule has 0 bridgehead atoms. The molecule has 1 aliphatic rings. The second-order valence-electron chi connectivity index (χ2n) is 6.06. The minimum atomic E-state index is 0.0789. The minimum absolute atomic E-state index is 0.0789. The van der Waals surface area contributed by atoms with Gasteiger partial charge in [-0.1, -0.05) is 17.3 Å². The van der Waals surface area contributed by atoms with E-state index in [2.05, 4.69) is 33.8 Å². The Morgan fingerprint density at radius 2 is 2.24 bits per heavy atom. The zero-order chi connectivity index (χ0) is 17.2. The van der Waals surface area contributed by atoms with Crippen molar-refractivity contribution in [3.8, 4) is 11.6 Å². The fraction of sp³-hybridized carbons (Fsp3) is 0.278. The Morgan fingerprint density at radius 3 is 3.08 bits per heavy atom. The highest BCUT2D eigenvalue weighted by Crippen LogP contribution is 2.26. The zero-order valence-electron chi connectivity index (χ0n) is 13.8. The summed E-state index contributed by atoms with van der Waals surface area (Å²) in [6, 6.07) is 9.79. The maximum absolute atomic E-state index is 11.4. The molecule has 3 aromatic rings. The van der Waals surface area contributed by atoms with Gasteiger partial charge in [0, 0.05) is 18.2 Å². The summed E-state index contributed by atoms with van der Waals surface area (Å²) in [5.74, 6) is 1.61. The van der Waals surface area contributed by atoms with Gasteiger partial charge in [0.1, 0.15) is 0 Å². The van der Waals surface area contributed by atoms with Crippen molar-refractivity contribution in [1.82, 2.24) is 15.5 Å². The monoisotopic (exact) mass is 338 g/mol. The molecule has 1 amide bonds. The van der Waals surface area contributed by atoms with Crippen LogP contribution in [0, 0.1) is 0 Å². The molecule has 25 heavy (non-hydrogen) atoms. The maximum Gasteiger partial charge on any atom is 0.241 e. The van der Waals surface area contributed by atoms with Crippen LogP contribution in [0.15, 0.2) is 45.5 Å². The van der Waals surface area contributed by atoms with Crippen LogP contribution < -0.4 is 10.6 Å². The average molecular weight is 338 g/mol. The van der Waals surface area contributed by atoms with Crippen LogP contribution in [0.5, 0.6) is 0 Å². The number of benzene rings is 1. The van der Waals surface area contributed by atoms with Crippen LogP contribution in [0.25, 0.3) is 11.6 Å². The van der Waals surface area contributed by atoms with Crippen molar-refractivity contribution < 1.29 is 13.7 Å². The summed E-state index contributed by atoms with van der Waals surface area (Å²) in [5.41, 5.74) is 3.23. The van der Waals surface area contributed by atoms with Crippen molar-refractivity contribution in [2.75, 3.05) is 5.32 Å². The van der Waals surface area contributed by atoms with Crippen LogP contribution in [-0.4, -0.2) is 16.0 Å². The molecule has 7 nitrogen and oxygen atoms in total. The summed E-state index contributed by atoms with van der Waals surface area (Å²) >= 11 is 0. The summed E-state index contributed by atoms with van der Waals surface area (Å²) in [7, 11) is 0. The molecular formula is C18H18N4O3. The van der Waals surface area contributed by atoms with Gasteiger partial charge < -0.3 is 19.6 Å². The van der Waals surface area contributed by atoms with Crippen molar-refractivity contribution in [1.29, 1.82) is 0 Å². The second kappa shape index (κ2) is 6.52. The van der Waals surface area contributed by atoms with Gasteiger partial charge >= 0.3 is 0 Å². The number of nitrogens with zero attached hydrogens (tertiary/aromatic N) is 2. The van der Waals surface area contributed by atoms with Crippen LogP contribution >= 0.6 is 0 Å². The molecule has 0 fully saturated rings. The molecule has 4 rings (SSSR count). The Balaban J connectivity index is 1.41. The Kier molecular flexibility index (Phi) is 4.07. The lowest BCUT2D eigenvalue weighted by Gasteiger charge is -2.20. The summed E-state index contributed by atoms with van der Waals surface area (Å²) in [5, 5.41) is 10.2. The molecule has 0 saturated carbocycles. The van der Waals surface area contributed by atoms with Gasteiger partial charge in [0.25, 0.3) is 0 Å². The van der Waals surface area contributed by atoms with E-state index < -0.39 is 0 Å².